The molecule has 5 atom stereocenters. The van der Waals surface area contributed by atoms with Crippen LogP contribution in [0.15, 0.2) is 91.3 Å². The maximum atomic E-state index is 10.8. The Labute approximate surface area is 242 Å². The highest BCUT2D eigenvalue weighted by Gasteiger charge is 2.60. The number of aliphatic hydroxyl groups is 2. The van der Waals surface area contributed by atoms with Crippen molar-refractivity contribution in [3.8, 4) is 11.8 Å². The largest absolute Gasteiger partial charge is 0.390 e. The van der Waals surface area contributed by atoms with Gasteiger partial charge in [0.15, 0.2) is 17.0 Å². The zero-order chi connectivity index (χ0) is 27.9. The molecule has 2 aromatic heterocycles. The summed E-state index contributed by atoms with van der Waals surface area (Å²) in [5.41, 5.74) is 4.22. The number of hydrogen-bond acceptors (Lipinski definition) is 6. The van der Waals surface area contributed by atoms with Crippen LogP contribution in [-0.2, 0) is 0 Å². The van der Waals surface area contributed by atoms with E-state index in [0.717, 1.165) is 6.42 Å². The van der Waals surface area contributed by atoms with Crippen molar-refractivity contribution in [3.05, 3.63) is 119 Å². The van der Waals surface area contributed by atoms with Gasteiger partial charge in [0.05, 0.1) is 23.5 Å². The molecule has 0 radical (unpaired) electrons. The third kappa shape index (κ3) is 4.85. The molecule has 2 fully saturated rings. The minimum Gasteiger partial charge on any atom is -0.390 e. The summed E-state index contributed by atoms with van der Waals surface area (Å²) in [6.07, 6.45) is 0.969. The molecule has 0 unspecified atom stereocenters. The predicted molar refractivity (Wildman–Crippen MR) is 159 cm³/mol. The van der Waals surface area contributed by atoms with Crippen molar-refractivity contribution >= 4 is 28.6 Å². The lowest BCUT2D eigenvalue weighted by atomic mass is 9.91. The van der Waals surface area contributed by atoms with E-state index in [4.69, 9.17) is 21.6 Å². The maximum Gasteiger partial charge on any atom is 0.209 e. The molecule has 0 spiro atoms. The van der Waals surface area contributed by atoms with Crippen LogP contribution in [-0.4, -0.2) is 48.5 Å². The number of imidazole rings is 1. The molecule has 5 aromatic rings. The summed E-state index contributed by atoms with van der Waals surface area (Å²) in [5, 5.41) is 25.4. The van der Waals surface area contributed by atoms with Crippen molar-refractivity contribution in [3.63, 3.8) is 0 Å². The first-order valence-corrected chi connectivity index (χ1v) is 14.2. The molecule has 7 nitrogen and oxygen atoms in total. The van der Waals surface area contributed by atoms with Crippen molar-refractivity contribution in [1.82, 2.24) is 19.5 Å². The second-order valence-electron chi connectivity index (χ2n) is 10.7. The Balaban J connectivity index is 1.29. The second-order valence-corrected chi connectivity index (χ2v) is 11.1. The monoisotopic (exact) mass is 561 g/mol. The fourth-order valence-corrected chi connectivity index (χ4v) is 6.28. The molecule has 3 aromatic carbocycles. The van der Waals surface area contributed by atoms with E-state index >= 15 is 0 Å². The highest BCUT2D eigenvalue weighted by atomic mass is 35.5. The van der Waals surface area contributed by atoms with Gasteiger partial charge in [0.1, 0.15) is 6.10 Å². The lowest BCUT2D eigenvalue weighted by Crippen LogP contribution is -2.31. The number of anilines is 1. The van der Waals surface area contributed by atoms with Gasteiger partial charge in [-0.05, 0) is 47.4 Å². The second kappa shape index (κ2) is 10.6. The van der Waals surface area contributed by atoms with E-state index in [-0.39, 0.29) is 23.8 Å². The highest BCUT2D eigenvalue weighted by Crippen LogP contribution is 2.58. The number of aliphatic hydroxyl groups excluding tert-OH is 2. The van der Waals surface area contributed by atoms with Crippen LogP contribution in [0, 0.1) is 23.7 Å². The summed E-state index contributed by atoms with van der Waals surface area (Å²) in [6.45, 7) is 0.569. The summed E-state index contributed by atoms with van der Waals surface area (Å²) in [7, 11) is 0. The number of aromatic nitrogens is 4. The SMILES string of the molecule is O[C@@H]1[C@H](O)[C@@H]2C[C@@H]2[C@H]1n1cnc2c(NCC(c3ccccc3)c3ccccc3)nc(C#Cc3ccccc3Cl)nc21. The van der Waals surface area contributed by atoms with Crippen molar-refractivity contribution in [2.24, 2.45) is 11.8 Å². The summed E-state index contributed by atoms with van der Waals surface area (Å²) in [5.74, 6) is 7.45. The molecule has 2 aliphatic rings. The summed E-state index contributed by atoms with van der Waals surface area (Å²) >= 11 is 6.34. The normalized spacial score (nSPS) is 22.8. The first-order valence-electron chi connectivity index (χ1n) is 13.8. The van der Waals surface area contributed by atoms with Crippen LogP contribution in [0.2, 0.25) is 5.02 Å². The molecule has 0 saturated heterocycles. The Bertz CT molecular complexity index is 1730. The molecule has 3 N–H and O–H groups in total. The molecule has 7 rings (SSSR count). The molecule has 0 bridgehead atoms. The minimum atomic E-state index is -0.874. The van der Waals surface area contributed by atoms with Gasteiger partial charge in [0, 0.05) is 18.0 Å². The van der Waals surface area contributed by atoms with E-state index in [1.165, 1.54) is 11.1 Å². The molecular weight excluding hydrogens is 534 g/mol. The Morgan fingerprint density at radius 2 is 1.54 bits per heavy atom. The van der Waals surface area contributed by atoms with E-state index < -0.39 is 12.2 Å². The summed E-state index contributed by atoms with van der Waals surface area (Å²) in [6, 6.07) is 27.8. The van der Waals surface area contributed by atoms with Crippen molar-refractivity contribution in [1.29, 1.82) is 0 Å². The molecule has 8 heteroatoms. The molecule has 204 valence electrons. The van der Waals surface area contributed by atoms with Crippen molar-refractivity contribution < 1.29 is 10.2 Å². The average molecular weight is 562 g/mol. The Morgan fingerprint density at radius 3 is 2.20 bits per heavy atom. The Hall–Kier alpha value is -4.22. The summed E-state index contributed by atoms with van der Waals surface area (Å²) in [4.78, 5) is 14.2. The number of benzene rings is 3. The van der Waals surface area contributed by atoms with Gasteiger partial charge in [0.2, 0.25) is 5.82 Å². The van der Waals surface area contributed by atoms with Crippen LogP contribution in [0.3, 0.4) is 0 Å². The Kier molecular flexibility index (Phi) is 6.68. The minimum absolute atomic E-state index is 0.0705. The third-order valence-corrected chi connectivity index (χ3v) is 8.60. The van der Waals surface area contributed by atoms with Gasteiger partial charge < -0.3 is 20.1 Å². The molecule has 2 heterocycles. The van der Waals surface area contributed by atoms with Crippen molar-refractivity contribution in [2.45, 2.75) is 30.6 Å². The highest BCUT2D eigenvalue weighted by molar-refractivity contribution is 6.31. The van der Waals surface area contributed by atoms with Crippen LogP contribution in [0.4, 0.5) is 5.82 Å². The average Bonchev–Trinajstić information content (AvgIpc) is 3.61. The molecule has 2 saturated carbocycles. The van der Waals surface area contributed by atoms with E-state index in [1.807, 2.05) is 59.2 Å². The van der Waals surface area contributed by atoms with Gasteiger partial charge in [-0.1, -0.05) is 90.3 Å². The summed E-state index contributed by atoms with van der Waals surface area (Å²) < 4.78 is 1.89. The van der Waals surface area contributed by atoms with Crippen LogP contribution >= 0.6 is 11.6 Å². The van der Waals surface area contributed by atoms with E-state index in [1.54, 1.807) is 12.4 Å². The number of halogens is 1. The zero-order valence-electron chi connectivity index (χ0n) is 22.1. The van der Waals surface area contributed by atoms with Gasteiger partial charge in [-0.15, -0.1) is 0 Å². The van der Waals surface area contributed by atoms with Crippen molar-refractivity contribution in [2.75, 3.05) is 11.9 Å². The topological polar surface area (TPSA) is 96.1 Å². The number of hydrogen-bond donors (Lipinski definition) is 3. The fourth-order valence-electron chi connectivity index (χ4n) is 6.10. The first-order chi connectivity index (χ1) is 20.1. The number of nitrogens with one attached hydrogen (secondary N) is 1. The van der Waals surface area contributed by atoms with E-state index in [0.29, 0.717) is 39.9 Å². The van der Waals surface area contributed by atoms with Crippen LogP contribution in [0.5, 0.6) is 0 Å². The van der Waals surface area contributed by atoms with Gasteiger partial charge in [-0.25, -0.2) is 15.0 Å². The lowest BCUT2D eigenvalue weighted by molar-refractivity contribution is 0.00386. The smallest absolute Gasteiger partial charge is 0.209 e. The zero-order valence-corrected chi connectivity index (χ0v) is 22.9. The Morgan fingerprint density at radius 1 is 0.854 bits per heavy atom. The first kappa shape index (κ1) is 25.7. The standard InChI is InChI=1S/C33H28ClN5O2/c34-26-14-8-7-13-22(26)15-16-27-37-32(35-18-25(20-9-3-1-4-10-20)21-11-5-2-6-12-21)28-33(38-27)39(19-36-28)29-23-17-24(23)30(40)31(29)41/h1-14,19,23-25,29-31,40-41H,17-18H2,(H,35,37,38)/t23-,24+,29+,30+,31-/m0/s1. The van der Waals surface area contributed by atoms with E-state index in [9.17, 15) is 10.2 Å². The van der Waals surface area contributed by atoms with Gasteiger partial charge in [-0.3, -0.25) is 0 Å². The lowest BCUT2D eigenvalue weighted by Gasteiger charge is -2.22. The number of rotatable bonds is 6. The number of nitrogens with zero attached hydrogens (tertiary/aromatic N) is 4. The van der Waals surface area contributed by atoms with Crippen LogP contribution < -0.4 is 5.32 Å². The van der Waals surface area contributed by atoms with Crippen LogP contribution in [0.25, 0.3) is 11.2 Å². The van der Waals surface area contributed by atoms with Gasteiger partial charge in [0.25, 0.3) is 0 Å². The van der Waals surface area contributed by atoms with Gasteiger partial charge in [-0.2, -0.15) is 0 Å². The maximum absolute atomic E-state index is 10.8. The van der Waals surface area contributed by atoms with Crippen LogP contribution in [0.1, 0.15) is 40.9 Å². The third-order valence-electron chi connectivity index (χ3n) is 8.27. The predicted octanol–water partition coefficient (Wildman–Crippen LogP) is 5.04. The quantitative estimate of drug-likeness (QED) is 0.252. The number of fused-ring (bicyclic) bond motifs is 2. The van der Waals surface area contributed by atoms with Gasteiger partial charge >= 0.3 is 0 Å². The molecule has 2 aliphatic carbocycles. The molecule has 0 amide bonds. The molecular formula is C33H28ClN5O2. The molecule has 0 aliphatic heterocycles. The molecule has 41 heavy (non-hydrogen) atoms. The fraction of sp³-hybridized carbons (Fsp3) is 0.242. The van der Waals surface area contributed by atoms with E-state index in [2.05, 4.69) is 46.4 Å².